The summed E-state index contributed by atoms with van der Waals surface area (Å²) in [6.07, 6.45) is 0.965. The Bertz CT molecular complexity index is 751. The van der Waals surface area contributed by atoms with Gasteiger partial charge in [-0.2, -0.15) is 0 Å². The molecule has 2 aliphatic rings. The van der Waals surface area contributed by atoms with Crippen molar-refractivity contribution in [2.75, 3.05) is 11.9 Å². The number of piperazine rings is 1. The lowest BCUT2D eigenvalue weighted by Gasteiger charge is -2.35. The van der Waals surface area contributed by atoms with E-state index in [0.29, 0.717) is 41.0 Å². The number of halogens is 2. The molecule has 1 aromatic carbocycles. The molecule has 0 saturated carbocycles. The van der Waals surface area contributed by atoms with Gasteiger partial charge < -0.3 is 20.9 Å². The number of fused-ring (bicyclic) bond motifs is 1. The van der Waals surface area contributed by atoms with Crippen LogP contribution in [-0.4, -0.2) is 47.4 Å². The van der Waals surface area contributed by atoms with Gasteiger partial charge in [0.25, 0.3) is 0 Å². The van der Waals surface area contributed by atoms with E-state index in [9.17, 15) is 14.4 Å². The highest BCUT2D eigenvalue weighted by atomic mass is 35.5. The maximum Gasteiger partial charge on any atom is 0.319 e. The highest BCUT2D eigenvalue weighted by molar-refractivity contribution is 6.39. The number of carbonyl (C=O) groups is 3. The topological polar surface area (TPSA) is 90.5 Å². The summed E-state index contributed by atoms with van der Waals surface area (Å²) in [6, 6.07) is 3.07. The van der Waals surface area contributed by atoms with Crippen molar-refractivity contribution in [2.45, 2.75) is 44.8 Å². The molecular formula is C18H22Cl2N4O3. The number of nitrogens with zero attached hydrogens (tertiary/aromatic N) is 1. The normalized spacial score (nSPS) is 24.6. The van der Waals surface area contributed by atoms with E-state index in [-0.39, 0.29) is 17.9 Å². The van der Waals surface area contributed by atoms with Crippen molar-refractivity contribution in [3.63, 3.8) is 0 Å². The zero-order valence-corrected chi connectivity index (χ0v) is 16.6. The molecule has 3 rings (SSSR count). The Morgan fingerprint density at radius 3 is 2.59 bits per heavy atom. The second-order valence-electron chi connectivity index (χ2n) is 7.32. The second kappa shape index (κ2) is 7.94. The summed E-state index contributed by atoms with van der Waals surface area (Å²) in [7, 11) is 0. The molecule has 4 amide bonds. The number of nitrogens with one attached hydrogen (secondary N) is 3. The first-order valence-electron chi connectivity index (χ1n) is 8.88. The predicted molar refractivity (Wildman–Crippen MR) is 104 cm³/mol. The molecular weight excluding hydrogens is 391 g/mol. The van der Waals surface area contributed by atoms with Crippen LogP contribution in [0.5, 0.6) is 0 Å². The molecule has 0 unspecified atom stereocenters. The minimum Gasteiger partial charge on any atom is -0.342 e. The lowest BCUT2D eigenvalue weighted by atomic mass is 9.99. The minimum absolute atomic E-state index is 0.0906. The van der Waals surface area contributed by atoms with Crippen LogP contribution in [-0.2, 0) is 9.59 Å². The van der Waals surface area contributed by atoms with Crippen molar-refractivity contribution in [3.05, 3.63) is 28.2 Å². The smallest absolute Gasteiger partial charge is 0.319 e. The fourth-order valence-corrected chi connectivity index (χ4v) is 4.04. The van der Waals surface area contributed by atoms with E-state index in [4.69, 9.17) is 23.2 Å². The minimum atomic E-state index is -0.546. The summed E-state index contributed by atoms with van der Waals surface area (Å²) >= 11 is 12.1. The van der Waals surface area contributed by atoms with E-state index in [1.165, 1.54) is 0 Å². The number of hydrogen-bond donors (Lipinski definition) is 3. The number of para-hydroxylation sites is 1. The van der Waals surface area contributed by atoms with Gasteiger partial charge in [-0.25, -0.2) is 4.79 Å². The zero-order valence-electron chi connectivity index (χ0n) is 15.1. The molecule has 2 fully saturated rings. The molecule has 2 aliphatic heterocycles. The van der Waals surface area contributed by atoms with Gasteiger partial charge in [0.1, 0.15) is 12.1 Å². The van der Waals surface area contributed by atoms with E-state index < -0.39 is 18.1 Å². The van der Waals surface area contributed by atoms with Crippen LogP contribution >= 0.6 is 23.2 Å². The molecule has 9 heteroatoms. The molecule has 0 aromatic heterocycles. The molecule has 0 aliphatic carbocycles. The van der Waals surface area contributed by atoms with Gasteiger partial charge >= 0.3 is 6.03 Å². The monoisotopic (exact) mass is 412 g/mol. The van der Waals surface area contributed by atoms with E-state index in [1.807, 2.05) is 13.8 Å². The predicted octanol–water partition coefficient (Wildman–Crippen LogP) is 2.63. The van der Waals surface area contributed by atoms with Gasteiger partial charge in [-0.1, -0.05) is 43.1 Å². The van der Waals surface area contributed by atoms with Gasteiger partial charge in [-0.3, -0.25) is 9.59 Å². The summed E-state index contributed by atoms with van der Waals surface area (Å²) in [4.78, 5) is 38.9. The average Bonchev–Trinajstić information content (AvgIpc) is 3.00. The Hall–Kier alpha value is -1.99. The first-order chi connectivity index (χ1) is 12.8. The van der Waals surface area contributed by atoms with Crippen LogP contribution in [0.2, 0.25) is 10.0 Å². The van der Waals surface area contributed by atoms with Crippen LogP contribution in [0.4, 0.5) is 10.5 Å². The number of benzene rings is 1. The summed E-state index contributed by atoms with van der Waals surface area (Å²) in [5, 5.41) is 8.88. The van der Waals surface area contributed by atoms with E-state index >= 15 is 0 Å². The third kappa shape index (κ3) is 4.30. The van der Waals surface area contributed by atoms with Crippen LogP contribution in [0, 0.1) is 5.92 Å². The van der Waals surface area contributed by atoms with Crippen LogP contribution < -0.4 is 16.0 Å². The first-order valence-corrected chi connectivity index (χ1v) is 9.64. The Labute approximate surface area is 167 Å². The van der Waals surface area contributed by atoms with E-state index in [0.717, 1.165) is 0 Å². The number of urea groups is 1. The van der Waals surface area contributed by atoms with Crippen LogP contribution in [0.25, 0.3) is 0 Å². The number of anilines is 1. The Balaban J connectivity index is 1.63. The Morgan fingerprint density at radius 2 is 1.96 bits per heavy atom. The van der Waals surface area contributed by atoms with Crippen molar-refractivity contribution >= 4 is 46.7 Å². The van der Waals surface area contributed by atoms with Gasteiger partial charge in [0.05, 0.1) is 21.8 Å². The standard InChI is InChI=1S/C18H22Cl2N4O3/c1-9(2)6-13-17(26)24-8-10(7-14(24)16(25)22-13)21-18(27)23-15-11(19)4-3-5-12(15)20/h3-5,9-10,13-14H,6-8H2,1-2H3,(H,22,25)(H2,21,23,27)/t10-,13+,14-/m0/s1. The molecule has 2 heterocycles. The highest BCUT2D eigenvalue weighted by Crippen LogP contribution is 2.30. The van der Waals surface area contributed by atoms with E-state index in [1.54, 1.807) is 23.1 Å². The maximum atomic E-state index is 12.6. The van der Waals surface area contributed by atoms with Crippen LogP contribution in [0.3, 0.4) is 0 Å². The number of hydrogen-bond acceptors (Lipinski definition) is 3. The molecule has 0 bridgehead atoms. The van der Waals surface area contributed by atoms with Gasteiger partial charge in [-0.05, 0) is 30.9 Å². The van der Waals surface area contributed by atoms with Crippen molar-refractivity contribution in [3.8, 4) is 0 Å². The summed E-state index contributed by atoms with van der Waals surface area (Å²) < 4.78 is 0. The van der Waals surface area contributed by atoms with Crippen molar-refractivity contribution < 1.29 is 14.4 Å². The van der Waals surface area contributed by atoms with Crippen molar-refractivity contribution in [1.82, 2.24) is 15.5 Å². The first kappa shape index (κ1) is 19.8. The van der Waals surface area contributed by atoms with Crippen LogP contribution in [0.1, 0.15) is 26.7 Å². The van der Waals surface area contributed by atoms with Crippen molar-refractivity contribution in [1.29, 1.82) is 0 Å². The largest absolute Gasteiger partial charge is 0.342 e. The molecule has 146 valence electrons. The quantitative estimate of drug-likeness (QED) is 0.709. The number of amides is 4. The molecule has 7 nitrogen and oxygen atoms in total. The fourth-order valence-electron chi connectivity index (χ4n) is 3.55. The molecule has 3 N–H and O–H groups in total. The lowest BCUT2D eigenvalue weighted by Crippen LogP contribution is -2.61. The fraction of sp³-hybridized carbons (Fsp3) is 0.500. The van der Waals surface area contributed by atoms with Crippen LogP contribution in [0.15, 0.2) is 18.2 Å². The second-order valence-corrected chi connectivity index (χ2v) is 8.14. The molecule has 0 spiro atoms. The molecule has 1 aromatic rings. The average molecular weight is 413 g/mol. The summed E-state index contributed by atoms with van der Waals surface area (Å²) in [6.45, 7) is 4.31. The number of carbonyl (C=O) groups excluding carboxylic acids is 3. The maximum absolute atomic E-state index is 12.6. The van der Waals surface area contributed by atoms with Gasteiger partial charge in [0.2, 0.25) is 11.8 Å². The molecule has 3 atom stereocenters. The highest BCUT2D eigenvalue weighted by Gasteiger charge is 2.46. The Morgan fingerprint density at radius 1 is 1.30 bits per heavy atom. The van der Waals surface area contributed by atoms with Gasteiger partial charge in [0, 0.05) is 6.54 Å². The zero-order chi connectivity index (χ0) is 19.7. The summed E-state index contributed by atoms with van der Waals surface area (Å²) in [5.41, 5.74) is 0.319. The molecule has 27 heavy (non-hydrogen) atoms. The number of rotatable bonds is 4. The molecule has 2 saturated heterocycles. The molecule has 0 radical (unpaired) electrons. The van der Waals surface area contributed by atoms with Crippen molar-refractivity contribution in [2.24, 2.45) is 5.92 Å². The third-order valence-corrected chi connectivity index (χ3v) is 5.37. The Kier molecular flexibility index (Phi) is 5.81. The SMILES string of the molecule is CC(C)C[C@H]1NC(=O)[C@@H]2C[C@H](NC(=O)Nc3c(Cl)cccc3Cl)CN2C1=O. The lowest BCUT2D eigenvalue weighted by molar-refractivity contribution is -0.147. The van der Waals surface area contributed by atoms with Gasteiger partial charge in [-0.15, -0.1) is 0 Å². The van der Waals surface area contributed by atoms with E-state index in [2.05, 4.69) is 16.0 Å². The third-order valence-electron chi connectivity index (χ3n) is 4.75. The van der Waals surface area contributed by atoms with Gasteiger partial charge in [0.15, 0.2) is 0 Å². The summed E-state index contributed by atoms with van der Waals surface area (Å²) in [5.74, 6) is 0.0322.